The van der Waals surface area contributed by atoms with Gasteiger partial charge in [-0.2, -0.15) is 0 Å². The number of benzene rings is 2. The van der Waals surface area contributed by atoms with Gasteiger partial charge in [-0.15, -0.1) is 0 Å². The molecule has 6 heteroatoms. The number of aryl methyl sites for hydroxylation is 1. The van der Waals surface area contributed by atoms with Gasteiger partial charge in [-0.3, -0.25) is 14.5 Å². The van der Waals surface area contributed by atoms with E-state index in [4.69, 9.17) is 0 Å². The molecule has 1 atom stereocenters. The number of carbonyl (C=O) groups is 2. The van der Waals surface area contributed by atoms with E-state index < -0.39 is 23.5 Å². The first-order chi connectivity index (χ1) is 14.0. The van der Waals surface area contributed by atoms with Gasteiger partial charge in [0.1, 0.15) is 17.4 Å². The van der Waals surface area contributed by atoms with Crippen LogP contribution in [0.1, 0.15) is 22.9 Å². The van der Waals surface area contributed by atoms with E-state index in [1.807, 2.05) is 0 Å². The molecule has 0 spiro atoms. The summed E-state index contributed by atoms with van der Waals surface area (Å²) in [6.45, 7) is 1.77. The van der Waals surface area contributed by atoms with Crippen molar-refractivity contribution in [1.29, 1.82) is 0 Å². The molecule has 1 N–H and O–H groups in total. The second-order valence-corrected chi connectivity index (χ2v) is 6.72. The molecule has 0 bridgehead atoms. The molecule has 144 valence electrons. The van der Waals surface area contributed by atoms with Gasteiger partial charge in [0.15, 0.2) is 0 Å². The lowest BCUT2D eigenvalue weighted by molar-refractivity contribution is -0.132. The SMILES string of the molecule is Cc1cccc(N2C(=O)C(=O)C(=C(O)c3ccccc3)C2c2ccc(F)cc2)n1. The summed E-state index contributed by atoms with van der Waals surface area (Å²) in [5, 5.41) is 10.9. The van der Waals surface area contributed by atoms with Crippen molar-refractivity contribution in [2.45, 2.75) is 13.0 Å². The summed E-state index contributed by atoms with van der Waals surface area (Å²) < 4.78 is 13.5. The van der Waals surface area contributed by atoms with E-state index in [0.29, 0.717) is 16.8 Å². The van der Waals surface area contributed by atoms with Crippen LogP contribution in [0.3, 0.4) is 0 Å². The Morgan fingerprint density at radius 1 is 0.966 bits per heavy atom. The summed E-state index contributed by atoms with van der Waals surface area (Å²) in [5.74, 6) is -2.05. The van der Waals surface area contributed by atoms with Gasteiger partial charge in [0.25, 0.3) is 5.78 Å². The second kappa shape index (κ2) is 7.31. The van der Waals surface area contributed by atoms with Crippen molar-refractivity contribution in [3.63, 3.8) is 0 Å². The maximum absolute atomic E-state index is 13.5. The van der Waals surface area contributed by atoms with E-state index in [-0.39, 0.29) is 17.2 Å². The number of Topliss-reactive ketones (excluding diaryl/α,β-unsaturated/α-hetero) is 1. The van der Waals surface area contributed by atoms with Gasteiger partial charge in [-0.25, -0.2) is 9.37 Å². The average Bonchev–Trinajstić information content (AvgIpc) is 2.99. The summed E-state index contributed by atoms with van der Waals surface area (Å²) in [6, 6.07) is 18.2. The third kappa shape index (κ3) is 3.29. The second-order valence-electron chi connectivity index (χ2n) is 6.72. The monoisotopic (exact) mass is 388 g/mol. The predicted molar refractivity (Wildman–Crippen MR) is 107 cm³/mol. The molecule has 1 aliphatic heterocycles. The molecule has 1 unspecified atom stereocenters. The highest BCUT2D eigenvalue weighted by Crippen LogP contribution is 2.41. The fraction of sp³-hybridized carbons (Fsp3) is 0.0870. The Hall–Kier alpha value is -3.80. The number of nitrogens with zero attached hydrogens (tertiary/aromatic N) is 2. The van der Waals surface area contributed by atoms with Crippen molar-refractivity contribution < 1.29 is 19.1 Å². The molecule has 1 amide bonds. The number of anilines is 1. The maximum atomic E-state index is 13.5. The van der Waals surface area contributed by atoms with Crippen molar-refractivity contribution in [3.05, 3.63) is 101 Å². The third-order valence-electron chi connectivity index (χ3n) is 4.80. The highest BCUT2D eigenvalue weighted by Gasteiger charge is 2.47. The minimum Gasteiger partial charge on any atom is -0.507 e. The summed E-state index contributed by atoms with van der Waals surface area (Å²) in [7, 11) is 0. The normalized spacial score (nSPS) is 18.3. The summed E-state index contributed by atoms with van der Waals surface area (Å²) in [5.41, 5.74) is 1.52. The van der Waals surface area contributed by atoms with Crippen LogP contribution in [0.4, 0.5) is 10.2 Å². The van der Waals surface area contributed by atoms with Crippen molar-refractivity contribution in [2.24, 2.45) is 0 Å². The number of aliphatic hydroxyl groups excluding tert-OH is 1. The zero-order valence-electron chi connectivity index (χ0n) is 15.5. The lowest BCUT2D eigenvalue weighted by Gasteiger charge is -2.24. The van der Waals surface area contributed by atoms with Gasteiger partial charge in [0.05, 0.1) is 11.6 Å². The standard InChI is InChI=1S/C23H17FN2O3/c1-14-6-5-9-18(25-14)26-20(15-10-12-17(24)13-11-15)19(22(28)23(26)29)21(27)16-7-3-2-4-8-16/h2-13,20,27H,1H3. The number of aliphatic hydroxyl groups is 1. The lowest BCUT2D eigenvalue weighted by atomic mass is 9.95. The van der Waals surface area contributed by atoms with Crippen LogP contribution in [0.15, 0.2) is 78.4 Å². The third-order valence-corrected chi connectivity index (χ3v) is 4.80. The van der Waals surface area contributed by atoms with Crippen molar-refractivity contribution in [1.82, 2.24) is 4.98 Å². The number of halogens is 1. The van der Waals surface area contributed by atoms with Gasteiger partial charge < -0.3 is 5.11 Å². The van der Waals surface area contributed by atoms with Crippen LogP contribution >= 0.6 is 0 Å². The highest BCUT2D eigenvalue weighted by atomic mass is 19.1. The largest absolute Gasteiger partial charge is 0.507 e. The molecule has 3 aromatic rings. The Morgan fingerprint density at radius 3 is 2.31 bits per heavy atom. The number of carbonyl (C=O) groups excluding carboxylic acids is 2. The quantitative estimate of drug-likeness (QED) is 0.416. The number of hydrogen-bond donors (Lipinski definition) is 1. The van der Waals surface area contributed by atoms with E-state index in [2.05, 4.69) is 4.98 Å². The molecule has 1 aliphatic rings. The first kappa shape index (κ1) is 18.6. The zero-order valence-corrected chi connectivity index (χ0v) is 15.5. The fourth-order valence-electron chi connectivity index (χ4n) is 3.44. The predicted octanol–water partition coefficient (Wildman–Crippen LogP) is 4.16. The average molecular weight is 388 g/mol. The van der Waals surface area contributed by atoms with E-state index in [0.717, 1.165) is 0 Å². The Bertz CT molecular complexity index is 1120. The molecule has 4 rings (SSSR count). The van der Waals surface area contributed by atoms with Crippen LogP contribution in [0.25, 0.3) is 5.76 Å². The van der Waals surface area contributed by atoms with E-state index in [9.17, 15) is 19.1 Å². The first-order valence-corrected chi connectivity index (χ1v) is 9.03. The van der Waals surface area contributed by atoms with E-state index in [1.54, 1.807) is 55.5 Å². The summed E-state index contributed by atoms with van der Waals surface area (Å²) in [6.07, 6.45) is 0. The van der Waals surface area contributed by atoms with E-state index >= 15 is 0 Å². The maximum Gasteiger partial charge on any atom is 0.301 e. The Morgan fingerprint density at radius 2 is 1.66 bits per heavy atom. The van der Waals surface area contributed by atoms with Gasteiger partial charge in [-0.05, 0) is 36.8 Å². The Balaban J connectivity index is 1.96. The first-order valence-electron chi connectivity index (χ1n) is 9.03. The lowest BCUT2D eigenvalue weighted by Crippen LogP contribution is -2.30. The van der Waals surface area contributed by atoms with Crippen LogP contribution in [0.2, 0.25) is 0 Å². The van der Waals surface area contributed by atoms with Gasteiger partial charge >= 0.3 is 5.91 Å². The number of aromatic nitrogens is 1. The van der Waals surface area contributed by atoms with Crippen molar-refractivity contribution in [3.8, 4) is 0 Å². The fourth-order valence-corrected chi connectivity index (χ4v) is 3.44. The van der Waals surface area contributed by atoms with Crippen LogP contribution in [0, 0.1) is 12.7 Å². The van der Waals surface area contributed by atoms with Crippen LogP contribution < -0.4 is 4.90 Å². The number of ketones is 1. The molecule has 1 fully saturated rings. The molecule has 2 aromatic carbocycles. The van der Waals surface area contributed by atoms with Crippen molar-refractivity contribution in [2.75, 3.05) is 4.90 Å². The molecular weight excluding hydrogens is 371 g/mol. The van der Waals surface area contributed by atoms with Crippen LogP contribution in [0.5, 0.6) is 0 Å². The molecule has 1 aromatic heterocycles. The van der Waals surface area contributed by atoms with Crippen LogP contribution in [-0.4, -0.2) is 21.8 Å². The zero-order chi connectivity index (χ0) is 20.5. The Kier molecular flexibility index (Phi) is 4.68. The molecule has 0 radical (unpaired) electrons. The molecule has 5 nitrogen and oxygen atoms in total. The highest BCUT2D eigenvalue weighted by molar-refractivity contribution is 6.51. The Labute approximate surface area is 166 Å². The van der Waals surface area contributed by atoms with E-state index in [1.165, 1.54) is 29.2 Å². The number of amides is 1. The molecular formula is C23H17FN2O3. The number of hydrogen-bond acceptors (Lipinski definition) is 4. The molecule has 1 saturated heterocycles. The van der Waals surface area contributed by atoms with Gasteiger partial charge in [0, 0.05) is 11.3 Å². The topological polar surface area (TPSA) is 70.5 Å². The minimum atomic E-state index is -0.926. The van der Waals surface area contributed by atoms with Gasteiger partial charge in [0.2, 0.25) is 0 Å². The summed E-state index contributed by atoms with van der Waals surface area (Å²) >= 11 is 0. The van der Waals surface area contributed by atoms with Crippen molar-refractivity contribution >= 4 is 23.3 Å². The van der Waals surface area contributed by atoms with Gasteiger partial charge in [-0.1, -0.05) is 48.5 Å². The molecule has 0 aliphatic carbocycles. The molecule has 29 heavy (non-hydrogen) atoms. The molecule has 2 heterocycles. The van der Waals surface area contributed by atoms with Crippen LogP contribution in [-0.2, 0) is 9.59 Å². The summed E-state index contributed by atoms with van der Waals surface area (Å²) in [4.78, 5) is 31.5. The number of rotatable bonds is 3. The minimum absolute atomic E-state index is 0.0592. The smallest absolute Gasteiger partial charge is 0.301 e. The number of pyridine rings is 1. The molecule has 0 saturated carbocycles.